The number of unbranched alkanes of at least 4 members (excludes halogenated alkanes) is 1. The predicted molar refractivity (Wildman–Crippen MR) is 132 cm³/mol. The average molecular weight is 470 g/mol. The molecule has 4 saturated carbocycles. The normalized spacial score (nSPS) is 33.8. The van der Waals surface area contributed by atoms with E-state index >= 15 is 0 Å². The van der Waals surface area contributed by atoms with Crippen molar-refractivity contribution in [1.29, 1.82) is 0 Å². The quantitative estimate of drug-likeness (QED) is 0.327. The van der Waals surface area contributed by atoms with Gasteiger partial charge in [-0.2, -0.15) is 0 Å². The Balaban J connectivity index is 1.18. The van der Waals surface area contributed by atoms with Crippen LogP contribution in [0.25, 0.3) is 6.08 Å². The number of methoxy groups -OCH3 is 1. The molecule has 1 aromatic carbocycles. The van der Waals surface area contributed by atoms with Gasteiger partial charge in [0.05, 0.1) is 12.5 Å². The van der Waals surface area contributed by atoms with Crippen molar-refractivity contribution in [2.24, 2.45) is 22.0 Å². The van der Waals surface area contributed by atoms with E-state index in [9.17, 15) is 14.7 Å². The second-order valence-electron chi connectivity index (χ2n) is 11.8. The minimum absolute atomic E-state index is 0.0605. The van der Waals surface area contributed by atoms with E-state index in [1.54, 1.807) is 18.2 Å². The van der Waals surface area contributed by atoms with Gasteiger partial charge in [0.25, 0.3) is 0 Å². The first kappa shape index (κ1) is 24.6. The molecule has 5 rings (SSSR count). The van der Waals surface area contributed by atoms with Gasteiger partial charge in [-0.25, -0.2) is 0 Å². The predicted octanol–water partition coefficient (Wildman–Crippen LogP) is 3.50. The van der Waals surface area contributed by atoms with E-state index in [1.165, 1.54) is 25.7 Å². The number of aromatic hydroxyl groups is 1. The Morgan fingerprint density at radius 3 is 2.29 bits per heavy atom. The summed E-state index contributed by atoms with van der Waals surface area (Å²) in [4.78, 5) is 25.3. The number of phenols is 1. The Labute approximate surface area is 202 Å². The molecule has 2 unspecified atom stereocenters. The van der Waals surface area contributed by atoms with Gasteiger partial charge in [-0.3, -0.25) is 9.59 Å². The molecule has 4 aliphatic rings. The molecule has 34 heavy (non-hydrogen) atoms. The van der Waals surface area contributed by atoms with Crippen LogP contribution in [0.3, 0.4) is 0 Å². The zero-order valence-corrected chi connectivity index (χ0v) is 20.7. The molecule has 5 N–H and O–H groups in total. The van der Waals surface area contributed by atoms with Crippen LogP contribution in [0.2, 0.25) is 0 Å². The number of amides is 2. The number of hydrogen-bond donors (Lipinski definition) is 4. The first-order valence-electron chi connectivity index (χ1n) is 12.4. The van der Waals surface area contributed by atoms with Crippen molar-refractivity contribution in [2.75, 3.05) is 20.2 Å². The summed E-state index contributed by atoms with van der Waals surface area (Å²) in [6, 6.07) is 4.91. The first-order valence-corrected chi connectivity index (χ1v) is 12.4. The SMILES string of the molecule is COc1cc(/C=C/C(=O)NCCCCNC(=O)C23CC4(C)CC(C)(CC(N)(C4)C2)C3)ccc1O. The maximum Gasteiger partial charge on any atom is 0.243 e. The molecule has 0 spiro atoms. The molecule has 4 aliphatic carbocycles. The summed E-state index contributed by atoms with van der Waals surface area (Å²) >= 11 is 0. The minimum Gasteiger partial charge on any atom is -0.504 e. The number of nitrogens with one attached hydrogen (secondary N) is 2. The van der Waals surface area contributed by atoms with Gasteiger partial charge >= 0.3 is 0 Å². The Morgan fingerprint density at radius 2 is 1.68 bits per heavy atom. The maximum atomic E-state index is 13.3. The molecule has 2 amide bonds. The number of carbonyl (C=O) groups is 2. The maximum absolute atomic E-state index is 13.3. The van der Waals surface area contributed by atoms with Gasteiger partial charge in [0.1, 0.15) is 0 Å². The third-order valence-electron chi connectivity index (χ3n) is 7.93. The fraction of sp³-hybridized carbons (Fsp3) is 0.630. The molecule has 0 aromatic heterocycles. The Kier molecular flexibility index (Phi) is 6.44. The molecular formula is C27H39N3O4. The highest BCUT2D eigenvalue weighted by Crippen LogP contribution is 2.70. The second kappa shape index (κ2) is 8.91. The molecule has 0 heterocycles. The molecule has 7 nitrogen and oxygen atoms in total. The fourth-order valence-corrected chi connectivity index (χ4v) is 7.91. The van der Waals surface area contributed by atoms with Crippen molar-refractivity contribution < 1.29 is 19.4 Å². The van der Waals surface area contributed by atoms with Gasteiger partial charge in [-0.15, -0.1) is 0 Å². The lowest BCUT2D eigenvalue weighted by Gasteiger charge is -2.68. The van der Waals surface area contributed by atoms with Gasteiger partial charge in [-0.1, -0.05) is 19.9 Å². The van der Waals surface area contributed by atoms with Crippen LogP contribution in [0.4, 0.5) is 0 Å². The van der Waals surface area contributed by atoms with Crippen LogP contribution in [-0.4, -0.2) is 42.7 Å². The monoisotopic (exact) mass is 469 g/mol. The van der Waals surface area contributed by atoms with Crippen molar-refractivity contribution >= 4 is 17.9 Å². The van der Waals surface area contributed by atoms with Gasteiger partial charge in [0.2, 0.25) is 11.8 Å². The van der Waals surface area contributed by atoms with E-state index in [0.29, 0.717) is 18.8 Å². The van der Waals surface area contributed by atoms with E-state index in [-0.39, 0.29) is 39.3 Å². The third-order valence-corrected chi connectivity index (χ3v) is 7.93. The Hall–Kier alpha value is -2.54. The van der Waals surface area contributed by atoms with E-state index < -0.39 is 0 Å². The number of ether oxygens (including phenoxy) is 1. The highest BCUT2D eigenvalue weighted by molar-refractivity contribution is 5.91. The van der Waals surface area contributed by atoms with Crippen molar-refractivity contribution in [2.45, 2.75) is 70.8 Å². The highest BCUT2D eigenvalue weighted by atomic mass is 16.5. The number of carbonyl (C=O) groups excluding carboxylic acids is 2. The highest BCUT2D eigenvalue weighted by Gasteiger charge is 2.66. The molecule has 2 atom stereocenters. The van der Waals surface area contributed by atoms with E-state index in [0.717, 1.165) is 50.5 Å². The van der Waals surface area contributed by atoms with Crippen LogP contribution >= 0.6 is 0 Å². The summed E-state index contributed by atoms with van der Waals surface area (Å²) in [5, 5.41) is 15.7. The van der Waals surface area contributed by atoms with Crippen LogP contribution in [0, 0.1) is 16.2 Å². The molecular weight excluding hydrogens is 430 g/mol. The minimum atomic E-state index is -0.317. The van der Waals surface area contributed by atoms with Crippen LogP contribution in [0.1, 0.15) is 70.8 Å². The molecule has 0 aliphatic heterocycles. The number of phenolic OH excluding ortho intramolecular Hbond substituents is 1. The second-order valence-corrected chi connectivity index (χ2v) is 11.8. The average Bonchev–Trinajstić information content (AvgIpc) is 2.72. The lowest BCUT2D eigenvalue weighted by atomic mass is 9.38. The Bertz CT molecular complexity index is 935. The van der Waals surface area contributed by atoms with Gasteiger partial charge in [0.15, 0.2) is 11.5 Å². The van der Waals surface area contributed by atoms with E-state index in [2.05, 4.69) is 24.5 Å². The van der Waals surface area contributed by atoms with Crippen LogP contribution in [-0.2, 0) is 9.59 Å². The summed E-state index contributed by atoms with van der Waals surface area (Å²) < 4.78 is 5.07. The van der Waals surface area contributed by atoms with Crippen molar-refractivity contribution in [3.63, 3.8) is 0 Å². The van der Waals surface area contributed by atoms with Crippen LogP contribution in [0.5, 0.6) is 11.5 Å². The summed E-state index contributed by atoms with van der Waals surface area (Å²) in [7, 11) is 1.48. The Morgan fingerprint density at radius 1 is 1.03 bits per heavy atom. The number of hydrogen-bond acceptors (Lipinski definition) is 5. The smallest absolute Gasteiger partial charge is 0.243 e. The van der Waals surface area contributed by atoms with Crippen LogP contribution in [0.15, 0.2) is 24.3 Å². The fourth-order valence-electron chi connectivity index (χ4n) is 7.91. The zero-order chi connectivity index (χ0) is 24.6. The number of nitrogens with two attached hydrogens (primary N) is 1. The molecule has 186 valence electrons. The van der Waals surface area contributed by atoms with E-state index in [4.69, 9.17) is 10.5 Å². The van der Waals surface area contributed by atoms with E-state index in [1.807, 2.05) is 0 Å². The molecule has 4 fully saturated rings. The first-order chi connectivity index (χ1) is 16.0. The molecule has 7 heteroatoms. The summed E-state index contributed by atoms with van der Waals surface area (Å²) in [6.45, 7) is 5.80. The molecule has 0 radical (unpaired) electrons. The summed E-state index contributed by atoms with van der Waals surface area (Å²) in [5.41, 5.74) is 7.39. The zero-order valence-electron chi connectivity index (χ0n) is 20.7. The molecule has 1 aromatic rings. The number of rotatable bonds is 9. The molecule has 4 bridgehead atoms. The van der Waals surface area contributed by atoms with Crippen molar-refractivity contribution in [1.82, 2.24) is 10.6 Å². The van der Waals surface area contributed by atoms with Crippen molar-refractivity contribution in [3.05, 3.63) is 29.8 Å². The number of benzene rings is 1. The van der Waals surface area contributed by atoms with Crippen molar-refractivity contribution in [3.8, 4) is 11.5 Å². The lowest BCUT2D eigenvalue weighted by molar-refractivity contribution is -0.175. The van der Waals surface area contributed by atoms with Crippen LogP contribution < -0.4 is 21.1 Å². The largest absolute Gasteiger partial charge is 0.504 e. The topological polar surface area (TPSA) is 114 Å². The standard InChI is InChI=1S/C27H39N3O4/c1-24-13-25(2)15-26(14-24,18-27(28,16-24)17-25)23(33)30-11-5-4-10-29-22(32)9-7-19-6-8-20(31)21(12-19)34-3/h6-9,12,31H,4-5,10-11,13-18,28H2,1-3H3,(H,29,32)(H,30,33)/b9-7+. The lowest BCUT2D eigenvalue weighted by Crippen LogP contribution is -2.68. The van der Waals surface area contributed by atoms with Gasteiger partial charge in [0, 0.05) is 24.7 Å². The summed E-state index contributed by atoms with van der Waals surface area (Å²) in [6.07, 6.45) is 10.7. The molecule has 0 saturated heterocycles. The third kappa shape index (κ3) is 5.09. The van der Waals surface area contributed by atoms with Gasteiger partial charge < -0.3 is 26.2 Å². The van der Waals surface area contributed by atoms with Gasteiger partial charge in [-0.05, 0) is 86.0 Å². The summed E-state index contributed by atoms with van der Waals surface area (Å²) in [5.74, 6) is 0.419.